The Hall–Kier alpha value is -1.92. The number of H-pyrrole nitrogens is 1. The molecule has 1 saturated heterocycles. The van der Waals surface area contributed by atoms with Crippen LogP contribution in [0.5, 0.6) is 0 Å². The Morgan fingerprint density at radius 1 is 1.50 bits per heavy atom. The maximum Gasteiger partial charge on any atom is 0.274 e. The van der Waals surface area contributed by atoms with Gasteiger partial charge in [0.05, 0.1) is 6.20 Å². The fourth-order valence-corrected chi connectivity index (χ4v) is 1.62. The molecule has 3 N–H and O–H groups in total. The third-order valence-electron chi connectivity index (χ3n) is 2.49. The summed E-state index contributed by atoms with van der Waals surface area (Å²) in [5.41, 5.74) is 0.192. The van der Waals surface area contributed by atoms with Crippen molar-refractivity contribution in [3.63, 3.8) is 0 Å². The van der Waals surface area contributed by atoms with Crippen LogP contribution in [-0.2, 0) is 4.79 Å². The Bertz CT molecular complexity index is 375. The number of carbonyl (C=O) groups excluding carboxylic acids is 2. The molecule has 7 heteroatoms. The molecule has 1 aromatic rings. The molecule has 1 aliphatic heterocycles. The van der Waals surface area contributed by atoms with E-state index in [0.29, 0.717) is 13.0 Å². The first kappa shape index (κ1) is 10.6. The fourth-order valence-electron chi connectivity index (χ4n) is 1.62. The summed E-state index contributed by atoms with van der Waals surface area (Å²) in [6.07, 6.45) is 3.85. The van der Waals surface area contributed by atoms with Crippen molar-refractivity contribution in [2.75, 3.05) is 6.54 Å². The maximum atomic E-state index is 11.6. The molecule has 1 aliphatic rings. The molecule has 7 nitrogen and oxygen atoms in total. The average Bonchev–Trinajstić information content (AvgIpc) is 2.73. The van der Waals surface area contributed by atoms with Crippen LogP contribution in [0.15, 0.2) is 6.20 Å². The minimum Gasteiger partial charge on any atom is -0.354 e. The van der Waals surface area contributed by atoms with Gasteiger partial charge in [-0.1, -0.05) is 0 Å². The second-order valence-electron chi connectivity index (χ2n) is 3.67. The molecule has 0 radical (unpaired) electrons. The number of aromatic amines is 1. The van der Waals surface area contributed by atoms with Gasteiger partial charge < -0.3 is 10.6 Å². The molecule has 0 spiro atoms. The van der Waals surface area contributed by atoms with Gasteiger partial charge in [0.1, 0.15) is 6.04 Å². The molecule has 1 aromatic heterocycles. The SMILES string of the molecule is O=C(NC1CCCCNC1=O)c1cn[nH]n1. The van der Waals surface area contributed by atoms with Crippen LogP contribution in [-0.4, -0.2) is 39.8 Å². The molecule has 2 rings (SSSR count). The first-order valence-electron chi connectivity index (χ1n) is 5.22. The van der Waals surface area contributed by atoms with Gasteiger partial charge in [-0.2, -0.15) is 15.4 Å². The summed E-state index contributed by atoms with van der Waals surface area (Å²) < 4.78 is 0. The summed E-state index contributed by atoms with van der Waals surface area (Å²) in [6.45, 7) is 0.676. The quantitative estimate of drug-likeness (QED) is 0.611. The molecule has 2 heterocycles. The first-order valence-corrected chi connectivity index (χ1v) is 5.22. The highest BCUT2D eigenvalue weighted by molar-refractivity contribution is 5.95. The van der Waals surface area contributed by atoms with Crippen LogP contribution < -0.4 is 10.6 Å². The fraction of sp³-hybridized carbons (Fsp3) is 0.556. The van der Waals surface area contributed by atoms with Crippen molar-refractivity contribution in [2.45, 2.75) is 25.3 Å². The molecule has 0 bridgehead atoms. The van der Waals surface area contributed by atoms with Crippen molar-refractivity contribution in [3.8, 4) is 0 Å². The van der Waals surface area contributed by atoms with Gasteiger partial charge in [-0.05, 0) is 19.3 Å². The van der Waals surface area contributed by atoms with E-state index >= 15 is 0 Å². The van der Waals surface area contributed by atoms with Gasteiger partial charge in [-0.15, -0.1) is 0 Å². The summed E-state index contributed by atoms with van der Waals surface area (Å²) in [5, 5.41) is 14.9. The lowest BCUT2D eigenvalue weighted by Gasteiger charge is -2.13. The summed E-state index contributed by atoms with van der Waals surface area (Å²) in [7, 11) is 0. The second kappa shape index (κ2) is 4.73. The zero-order chi connectivity index (χ0) is 11.4. The maximum absolute atomic E-state index is 11.6. The Morgan fingerprint density at radius 2 is 2.38 bits per heavy atom. The lowest BCUT2D eigenvalue weighted by molar-refractivity contribution is -0.122. The van der Waals surface area contributed by atoms with E-state index in [4.69, 9.17) is 0 Å². The molecule has 1 fully saturated rings. The van der Waals surface area contributed by atoms with Crippen molar-refractivity contribution < 1.29 is 9.59 Å². The van der Waals surface area contributed by atoms with Crippen LogP contribution in [0.2, 0.25) is 0 Å². The molecule has 0 aromatic carbocycles. The highest BCUT2D eigenvalue weighted by Crippen LogP contribution is 2.05. The Morgan fingerprint density at radius 3 is 3.12 bits per heavy atom. The molecular formula is C9H13N5O2. The largest absolute Gasteiger partial charge is 0.354 e. The molecule has 1 unspecified atom stereocenters. The number of hydrogen-bond donors (Lipinski definition) is 3. The van der Waals surface area contributed by atoms with Crippen molar-refractivity contribution in [1.82, 2.24) is 26.0 Å². The van der Waals surface area contributed by atoms with E-state index in [2.05, 4.69) is 26.0 Å². The summed E-state index contributed by atoms with van der Waals surface area (Å²) in [6, 6.07) is -0.466. The van der Waals surface area contributed by atoms with Gasteiger partial charge in [-0.25, -0.2) is 0 Å². The lowest BCUT2D eigenvalue weighted by atomic mass is 10.1. The van der Waals surface area contributed by atoms with Gasteiger partial charge >= 0.3 is 0 Å². The summed E-state index contributed by atoms with van der Waals surface area (Å²) in [4.78, 5) is 23.2. The minimum atomic E-state index is -0.466. The van der Waals surface area contributed by atoms with E-state index in [1.807, 2.05) is 0 Å². The number of nitrogens with zero attached hydrogens (tertiary/aromatic N) is 2. The van der Waals surface area contributed by atoms with E-state index in [-0.39, 0.29) is 17.5 Å². The number of amides is 2. The highest BCUT2D eigenvalue weighted by Gasteiger charge is 2.23. The van der Waals surface area contributed by atoms with Crippen molar-refractivity contribution in [3.05, 3.63) is 11.9 Å². The highest BCUT2D eigenvalue weighted by atomic mass is 16.2. The standard InChI is InChI=1S/C9H13N5O2/c15-8-6(3-1-2-4-10-8)12-9(16)7-5-11-14-13-7/h5-6H,1-4H2,(H,10,15)(H,12,16)(H,11,13,14). The first-order chi connectivity index (χ1) is 7.77. The summed E-state index contributed by atoms with van der Waals surface area (Å²) >= 11 is 0. The normalized spacial score (nSPS) is 21.0. The monoisotopic (exact) mass is 223 g/mol. The number of nitrogens with one attached hydrogen (secondary N) is 3. The van der Waals surface area contributed by atoms with Crippen molar-refractivity contribution >= 4 is 11.8 Å². The van der Waals surface area contributed by atoms with E-state index in [1.165, 1.54) is 6.20 Å². The van der Waals surface area contributed by atoms with Crippen LogP contribution in [0.4, 0.5) is 0 Å². The third-order valence-corrected chi connectivity index (χ3v) is 2.49. The zero-order valence-corrected chi connectivity index (χ0v) is 8.69. The number of hydrogen-bond acceptors (Lipinski definition) is 4. The molecule has 2 amide bonds. The van der Waals surface area contributed by atoms with Crippen LogP contribution in [0, 0.1) is 0 Å². The average molecular weight is 223 g/mol. The van der Waals surface area contributed by atoms with Crippen molar-refractivity contribution in [2.24, 2.45) is 0 Å². The predicted molar refractivity (Wildman–Crippen MR) is 54.5 cm³/mol. The Labute approximate surface area is 92.0 Å². The van der Waals surface area contributed by atoms with Gasteiger partial charge in [0.15, 0.2) is 5.69 Å². The Kier molecular flexibility index (Phi) is 3.13. The smallest absolute Gasteiger partial charge is 0.274 e. The Balaban J connectivity index is 1.97. The number of aromatic nitrogens is 3. The van der Waals surface area contributed by atoms with Crippen LogP contribution >= 0.6 is 0 Å². The lowest BCUT2D eigenvalue weighted by Crippen LogP contribution is -2.45. The molecule has 1 atom stereocenters. The van der Waals surface area contributed by atoms with E-state index < -0.39 is 6.04 Å². The van der Waals surface area contributed by atoms with Gasteiger partial charge in [0.25, 0.3) is 5.91 Å². The third kappa shape index (κ3) is 2.36. The van der Waals surface area contributed by atoms with Gasteiger partial charge in [0.2, 0.25) is 5.91 Å². The van der Waals surface area contributed by atoms with E-state index in [0.717, 1.165) is 12.8 Å². The second-order valence-corrected chi connectivity index (χ2v) is 3.67. The van der Waals surface area contributed by atoms with Gasteiger partial charge in [-0.3, -0.25) is 9.59 Å². The summed E-state index contributed by atoms with van der Waals surface area (Å²) in [5.74, 6) is -0.509. The molecular weight excluding hydrogens is 210 g/mol. The molecule has 0 saturated carbocycles. The molecule has 16 heavy (non-hydrogen) atoms. The van der Waals surface area contributed by atoms with E-state index in [9.17, 15) is 9.59 Å². The van der Waals surface area contributed by atoms with E-state index in [1.54, 1.807) is 0 Å². The molecule has 86 valence electrons. The van der Waals surface area contributed by atoms with Crippen LogP contribution in [0.1, 0.15) is 29.8 Å². The minimum absolute atomic E-state index is 0.130. The topological polar surface area (TPSA) is 99.8 Å². The van der Waals surface area contributed by atoms with Gasteiger partial charge in [0, 0.05) is 6.54 Å². The molecule has 0 aliphatic carbocycles. The zero-order valence-electron chi connectivity index (χ0n) is 8.69. The predicted octanol–water partition coefficient (Wildman–Crippen LogP) is -0.797. The number of carbonyl (C=O) groups is 2. The van der Waals surface area contributed by atoms with Crippen molar-refractivity contribution in [1.29, 1.82) is 0 Å². The van der Waals surface area contributed by atoms with Crippen LogP contribution in [0.3, 0.4) is 0 Å². The van der Waals surface area contributed by atoms with Crippen LogP contribution in [0.25, 0.3) is 0 Å². The number of rotatable bonds is 2.